The zero-order chi connectivity index (χ0) is 13.1. The highest BCUT2D eigenvalue weighted by molar-refractivity contribution is 5.93. The van der Waals surface area contributed by atoms with Crippen molar-refractivity contribution in [3.63, 3.8) is 0 Å². The van der Waals surface area contributed by atoms with Crippen LogP contribution in [0, 0.1) is 0 Å². The number of benzene rings is 1. The van der Waals surface area contributed by atoms with E-state index in [1.807, 2.05) is 0 Å². The van der Waals surface area contributed by atoms with E-state index in [0.29, 0.717) is 18.4 Å². The molecule has 0 aromatic heterocycles. The quantitative estimate of drug-likeness (QED) is 0.701. The maximum Gasteiger partial charge on any atom is 0.328 e. The van der Waals surface area contributed by atoms with Gasteiger partial charge in [-0.1, -0.05) is 12.1 Å². The number of fused-ring (bicyclic) bond motifs is 1. The van der Waals surface area contributed by atoms with Crippen molar-refractivity contribution < 1.29 is 19.8 Å². The molecule has 0 saturated carbocycles. The average molecular weight is 247 g/mol. The zero-order valence-electron chi connectivity index (χ0n) is 9.59. The Balaban J connectivity index is 2.21. The summed E-state index contributed by atoms with van der Waals surface area (Å²) in [6.45, 7) is 0. The highest BCUT2D eigenvalue weighted by Crippen LogP contribution is 2.26. The monoisotopic (exact) mass is 247 g/mol. The summed E-state index contributed by atoms with van der Waals surface area (Å²) < 4.78 is 0. The van der Waals surface area contributed by atoms with Gasteiger partial charge in [0.1, 0.15) is 0 Å². The second-order valence-corrected chi connectivity index (χ2v) is 4.11. The van der Waals surface area contributed by atoms with Crippen LogP contribution in [-0.4, -0.2) is 22.1 Å². The summed E-state index contributed by atoms with van der Waals surface area (Å²) in [5.41, 5.74) is 2.32. The third-order valence-electron chi connectivity index (χ3n) is 2.79. The number of anilines is 1. The third-order valence-corrected chi connectivity index (χ3v) is 2.79. The predicted octanol–water partition coefficient (Wildman–Crippen LogP) is 1.25. The van der Waals surface area contributed by atoms with Gasteiger partial charge in [-0.25, -0.2) is 4.79 Å². The lowest BCUT2D eigenvalue weighted by molar-refractivity contribution is -0.131. The fourth-order valence-corrected chi connectivity index (χ4v) is 1.87. The normalized spacial score (nSPS) is 16.2. The topological polar surface area (TPSA) is 86.6 Å². The number of aryl methyl sites for hydroxylation is 1. The first-order valence-corrected chi connectivity index (χ1v) is 5.58. The Kier molecular flexibility index (Phi) is 3.43. The number of nitrogens with one attached hydrogen (secondary N) is 1. The number of carboxylic acid groups (broad SMARTS) is 1. The van der Waals surface area contributed by atoms with Gasteiger partial charge in [-0.15, -0.1) is 0 Å². The minimum Gasteiger partial charge on any atom is -0.478 e. The van der Waals surface area contributed by atoms with Crippen molar-refractivity contribution in [3.05, 3.63) is 41.5 Å². The lowest BCUT2D eigenvalue weighted by Crippen LogP contribution is -2.19. The maximum atomic E-state index is 11.2. The van der Waals surface area contributed by atoms with E-state index in [-0.39, 0.29) is 5.91 Å². The Hall–Kier alpha value is -2.14. The summed E-state index contributed by atoms with van der Waals surface area (Å²) in [6.07, 6.45) is 2.23. The Bertz CT molecular complexity index is 522. The number of aliphatic hydroxyl groups excluding tert-OH is 1. The number of hydrogen-bond donors (Lipinski definition) is 3. The summed E-state index contributed by atoms with van der Waals surface area (Å²) in [6, 6.07) is 5.17. The predicted molar refractivity (Wildman–Crippen MR) is 65.1 cm³/mol. The van der Waals surface area contributed by atoms with E-state index in [0.717, 1.165) is 17.3 Å². The Morgan fingerprint density at radius 2 is 2.17 bits per heavy atom. The summed E-state index contributed by atoms with van der Waals surface area (Å²) in [7, 11) is 0. The van der Waals surface area contributed by atoms with Crippen LogP contribution in [0.25, 0.3) is 0 Å². The van der Waals surface area contributed by atoms with Crippen LogP contribution in [0.5, 0.6) is 0 Å². The minimum absolute atomic E-state index is 0.0124. The number of rotatable bonds is 3. The number of aliphatic carboxylic acids is 1. The second-order valence-electron chi connectivity index (χ2n) is 4.11. The molecule has 0 saturated heterocycles. The number of carboxylic acids is 1. The van der Waals surface area contributed by atoms with Gasteiger partial charge in [0, 0.05) is 18.2 Å². The average Bonchev–Trinajstić information content (AvgIpc) is 2.35. The van der Waals surface area contributed by atoms with Gasteiger partial charge >= 0.3 is 5.97 Å². The SMILES string of the molecule is O=C(O)C=CC(O)c1ccc2c(c1)CCC(=O)N2. The number of amides is 1. The number of carbonyl (C=O) groups is 2. The third kappa shape index (κ3) is 2.75. The van der Waals surface area contributed by atoms with Crippen LogP contribution in [0.2, 0.25) is 0 Å². The van der Waals surface area contributed by atoms with Crippen LogP contribution in [0.4, 0.5) is 5.69 Å². The van der Waals surface area contributed by atoms with Crippen molar-refractivity contribution in [1.29, 1.82) is 0 Å². The van der Waals surface area contributed by atoms with Crippen molar-refractivity contribution in [1.82, 2.24) is 0 Å². The lowest BCUT2D eigenvalue weighted by Gasteiger charge is -2.18. The molecule has 1 aromatic carbocycles. The van der Waals surface area contributed by atoms with Gasteiger partial charge in [0.05, 0.1) is 6.10 Å². The lowest BCUT2D eigenvalue weighted by atomic mass is 9.98. The molecule has 5 nitrogen and oxygen atoms in total. The smallest absolute Gasteiger partial charge is 0.328 e. The first-order chi connectivity index (χ1) is 8.56. The first kappa shape index (κ1) is 12.3. The highest BCUT2D eigenvalue weighted by Gasteiger charge is 2.16. The Labute approximate surface area is 104 Å². The molecule has 1 amide bonds. The van der Waals surface area contributed by atoms with Gasteiger partial charge in [-0.2, -0.15) is 0 Å². The van der Waals surface area contributed by atoms with Gasteiger partial charge in [0.15, 0.2) is 0 Å². The second kappa shape index (κ2) is 5.01. The van der Waals surface area contributed by atoms with Gasteiger partial charge in [0.2, 0.25) is 5.91 Å². The van der Waals surface area contributed by atoms with E-state index in [9.17, 15) is 14.7 Å². The van der Waals surface area contributed by atoms with Crippen molar-refractivity contribution >= 4 is 17.6 Å². The molecule has 94 valence electrons. The summed E-state index contributed by atoms with van der Waals surface area (Å²) >= 11 is 0. The standard InChI is InChI=1S/C13H13NO4/c15-11(4-6-13(17)18)9-1-3-10-8(7-9)2-5-12(16)14-10/h1,3-4,6-7,11,15H,2,5H2,(H,14,16)(H,17,18). The summed E-state index contributed by atoms with van der Waals surface area (Å²) in [5.74, 6) is -1.11. The minimum atomic E-state index is -1.10. The van der Waals surface area contributed by atoms with E-state index in [1.165, 1.54) is 6.08 Å². The van der Waals surface area contributed by atoms with Crippen molar-refractivity contribution in [3.8, 4) is 0 Å². The van der Waals surface area contributed by atoms with Gasteiger partial charge in [-0.3, -0.25) is 4.79 Å². The fraction of sp³-hybridized carbons (Fsp3) is 0.231. The Morgan fingerprint density at radius 3 is 2.89 bits per heavy atom. The zero-order valence-corrected chi connectivity index (χ0v) is 9.59. The van der Waals surface area contributed by atoms with E-state index in [1.54, 1.807) is 18.2 Å². The molecule has 18 heavy (non-hydrogen) atoms. The fourth-order valence-electron chi connectivity index (χ4n) is 1.87. The summed E-state index contributed by atoms with van der Waals surface area (Å²) in [4.78, 5) is 21.5. The Morgan fingerprint density at radius 1 is 1.39 bits per heavy atom. The van der Waals surface area contributed by atoms with Crippen molar-refractivity contribution in [2.24, 2.45) is 0 Å². The molecule has 0 spiro atoms. The highest BCUT2D eigenvalue weighted by atomic mass is 16.4. The van der Waals surface area contributed by atoms with E-state index >= 15 is 0 Å². The molecule has 5 heteroatoms. The molecular weight excluding hydrogens is 234 g/mol. The van der Waals surface area contributed by atoms with Gasteiger partial charge in [-0.05, 0) is 29.7 Å². The van der Waals surface area contributed by atoms with Crippen LogP contribution in [0.1, 0.15) is 23.7 Å². The molecule has 1 aliphatic rings. The molecule has 1 unspecified atom stereocenters. The van der Waals surface area contributed by atoms with E-state index < -0.39 is 12.1 Å². The molecule has 1 aromatic rings. The molecule has 0 bridgehead atoms. The van der Waals surface area contributed by atoms with Crippen molar-refractivity contribution in [2.45, 2.75) is 18.9 Å². The number of carbonyl (C=O) groups excluding carboxylic acids is 1. The summed E-state index contributed by atoms with van der Waals surface area (Å²) in [5, 5.41) is 21.0. The molecule has 2 rings (SSSR count). The van der Waals surface area contributed by atoms with E-state index in [2.05, 4.69) is 5.32 Å². The van der Waals surface area contributed by atoms with E-state index in [4.69, 9.17) is 5.11 Å². The molecular formula is C13H13NO4. The van der Waals surface area contributed by atoms with Crippen LogP contribution in [0.15, 0.2) is 30.4 Å². The number of aliphatic hydroxyl groups is 1. The molecule has 1 heterocycles. The molecule has 0 fully saturated rings. The molecule has 1 atom stereocenters. The van der Waals surface area contributed by atoms with Crippen LogP contribution in [0.3, 0.4) is 0 Å². The van der Waals surface area contributed by atoms with Gasteiger partial charge < -0.3 is 15.5 Å². The van der Waals surface area contributed by atoms with Crippen LogP contribution < -0.4 is 5.32 Å². The molecule has 3 N–H and O–H groups in total. The largest absolute Gasteiger partial charge is 0.478 e. The molecule has 0 radical (unpaired) electrons. The molecule has 1 aliphatic heterocycles. The van der Waals surface area contributed by atoms with Gasteiger partial charge in [0.25, 0.3) is 0 Å². The molecule has 0 aliphatic carbocycles. The van der Waals surface area contributed by atoms with Crippen LogP contribution in [-0.2, 0) is 16.0 Å². The maximum absolute atomic E-state index is 11.2. The van der Waals surface area contributed by atoms with Crippen LogP contribution >= 0.6 is 0 Å². The van der Waals surface area contributed by atoms with Crippen molar-refractivity contribution in [2.75, 3.05) is 5.32 Å². The number of hydrogen-bond acceptors (Lipinski definition) is 3. The first-order valence-electron chi connectivity index (χ1n) is 5.58.